The number of phenols is 1. The van der Waals surface area contributed by atoms with Crippen LogP contribution in [0.15, 0.2) is 24.3 Å². The van der Waals surface area contributed by atoms with Crippen LogP contribution in [0.3, 0.4) is 0 Å². The Morgan fingerprint density at radius 1 is 1.09 bits per heavy atom. The zero-order valence-corrected chi connectivity index (χ0v) is 19.4. The fourth-order valence-corrected chi connectivity index (χ4v) is 3.92. The average Bonchev–Trinajstić information content (AvgIpc) is 3.27. The van der Waals surface area contributed by atoms with E-state index >= 15 is 0 Å². The van der Waals surface area contributed by atoms with Crippen LogP contribution in [0.1, 0.15) is 38.7 Å². The molecule has 11 nitrogen and oxygen atoms in total. The van der Waals surface area contributed by atoms with Crippen molar-refractivity contribution >= 4 is 23.7 Å². The van der Waals surface area contributed by atoms with Crippen LogP contribution < -0.4 is 16.4 Å². The van der Waals surface area contributed by atoms with E-state index in [2.05, 4.69) is 10.6 Å². The van der Waals surface area contributed by atoms with Gasteiger partial charge in [0, 0.05) is 13.0 Å². The Morgan fingerprint density at radius 3 is 2.26 bits per heavy atom. The molecule has 0 bridgehead atoms. The number of hydrogen-bond acceptors (Lipinski definition) is 7. The van der Waals surface area contributed by atoms with Crippen molar-refractivity contribution in [1.82, 2.24) is 15.5 Å². The van der Waals surface area contributed by atoms with Crippen molar-refractivity contribution in [3.63, 3.8) is 0 Å². The van der Waals surface area contributed by atoms with Crippen LogP contribution in [0.25, 0.3) is 0 Å². The van der Waals surface area contributed by atoms with E-state index in [-0.39, 0.29) is 24.6 Å². The minimum Gasteiger partial charge on any atom is -0.508 e. The Bertz CT molecular complexity index is 875. The summed E-state index contributed by atoms with van der Waals surface area (Å²) in [5.74, 6) is -2.92. The number of hydrogen-bond donors (Lipinski definition) is 6. The summed E-state index contributed by atoms with van der Waals surface area (Å²) in [5, 5.41) is 33.6. The van der Waals surface area contributed by atoms with Crippen LogP contribution in [-0.2, 0) is 25.6 Å². The Balaban J connectivity index is 2.19. The Hall–Kier alpha value is -3.18. The predicted molar refractivity (Wildman–Crippen MR) is 123 cm³/mol. The molecular weight excluding hydrogens is 444 g/mol. The quantitative estimate of drug-likeness (QED) is 0.242. The van der Waals surface area contributed by atoms with E-state index in [9.17, 15) is 34.5 Å². The lowest BCUT2D eigenvalue weighted by atomic mass is 10.0. The van der Waals surface area contributed by atoms with Gasteiger partial charge in [-0.3, -0.25) is 14.4 Å². The van der Waals surface area contributed by atoms with Crippen LogP contribution in [0.4, 0.5) is 0 Å². The molecule has 1 aliphatic rings. The maximum atomic E-state index is 13.3. The number of nitrogens with zero attached hydrogens (tertiary/aromatic N) is 1. The SMILES string of the molecule is CC(C)CC(N)C(=O)NC(CO)C(=O)NC(Cc1ccc(O)cc1)C(=O)N1CCCC1C(=O)O. The molecule has 0 spiro atoms. The monoisotopic (exact) mass is 478 g/mol. The molecule has 1 aromatic rings. The molecule has 0 aliphatic carbocycles. The third kappa shape index (κ3) is 7.42. The molecular formula is C23H34N4O7. The highest BCUT2D eigenvalue weighted by Gasteiger charge is 2.38. The Labute approximate surface area is 198 Å². The molecule has 188 valence electrons. The van der Waals surface area contributed by atoms with Crippen molar-refractivity contribution in [2.45, 2.75) is 63.7 Å². The predicted octanol–water partition coefficient (Wildman–Crippen LogP) is -0.654. The van der Waals surface area contributed by atoms with Gasteiger partial charge in [0.15, 0.2) is 0 Å². The summed E-state index contributed by atoms with van der Waals surface area (Å²) >= 11 is 0. The van der Waals surface area contributed by atoms with E-state index in [4.69, 9.17) is 5.73 Å². The van der Waals surface area contributed by atoms with Crippen molar-refractivity contribution < 1.29 is 34.5 Å². The highest BCUT2D eigenvalue weighted by atomic mass is 16.4. The lowest BCUT2D eigenvalue weighted by Crippen LogP contribution is -2.58. The molecule has 0 saturated carbocycles. The topological polar surface area (TPSA) is 182 Å². The van der Waals surface area contributed by atoms with Crippen LogP contribution in [0, 0.1) is 5.92 Å². The molecule has 0 aromatic heterocycles. The first-order chi connectivity index (χ1) is 16.0. The van der Waals surface area contributed by atoms with Gasteiger partial charge >= 0.3 is 5.97 Å². The van der Waals surface area contributed by atoms with Crippen LogP contribution in [-0.4, -0.2) is 81.2 Å². The summed E-state index contributed by atoms with van der Waals surface area (Å²) in [4.78, 5) is 51.3. The van der Waals surface area contributed by atoms with Gasteiger partial charge in [-0.25, -0.2) is 4.79 Å². The fraction of sp³-hybridized carbons (Fsp3) is 0.565. The number of carboxylic acids is 1. The zero-order chi connectivity index (χ0) is 25.4. The molecule has 4 atom stereocenters. The number of nitrogens with one attached hydrogen (secondary N) is 2. The number of rotatable bonds is 11. The molecule has 7 N–H and O–H groups in total. The number of carbonyl (C=O) groups is 4. The van der Waals surface area contributed by atoms with E-state index in [0.717, 1.165) is 0 Å². The van der Waals surface area contributed by atoms with Gasteiger partial charge in [0.2, 0.25) is 17.7 Å². The number of phenolic OH excluding ortho intramolecular Hbond substituents is 1. The molecule has 1 saturated heterocycles. The maximum absolute atomic E-state index is 13.3. The lowest BCUT2D eigenvalue weighted by molar-refractivity contribution is -0.149. The van der Waals surface area contributed by atoms with Gasteiger partial charge in [-0.15, -0.1) is 0 Å². The number of aromatic hydroxyl groups is 1. The van der Waals surface area contributed by atoms with E-state index < -0.39 is 54.5 Å². The van der Waals surface area contributed by atoms with Crippen LogP contribution >= 0.6 is 0 Å². The van der Waals surface area contributed by atoms with Gasteiger partial charge in [0.25, 0.3) is 0 Å². The number of amides is 3. The second-order valence-electron chi connectivity index (χ2n) is 8.94. The minimum absolute atomic E-state index is 0.0205. The first-order valence-electron chi connectivity index (χ1n) is 11.3. The molecule has 1 fully saturated rings. The highest BCUT2D eigenvalue weighted by molar-refractivity contribution is 5.94. The second kappa shape index (κ2) is 12.3. The van der Waals surface area contributed by atoms with Gasteiger partial charge < -0.3 is 36.6 Å². The van der Waals surface area contributed by atoms with E-state index in [1.54, 1.807) is 12.1 Å². The summed E-state index contributed by atoms with van der Waals surface area (Å²) < 4.78 is 0. The largest absolute Gasteiger partial charge is 0.508 e. The number of aliphatic hydroxyl groups excluding tert-OH is 1. The van der Waals surface area contributed by atoms with Crippen molar-refractivity contribution in [3.05, 3.63) is 29.8 Å². The first-order valence-corrected chi connectivity index (χ1v) is 11.3. The number of carboxylic acid groups (broad SMARTS) is 1. The van der Waals surface area contributed by atoms with Gasteiger partial charge in [-0.05, 0) is 42.9 Å². The molecule has 2 rings (SSSR count). The van der Waals surface area contributed by atoms with Gasteiger partial charge in [0.05, 0.1) is 12.6 Å². The van der Waals surface area contributed by atoms with Gasteiger partial charge in [-0.2, -0.15) is 0 Å². The number of aliphatic hydroxyl groups is 1. The molecule has 1 heterocycles. The number of carbonyl (C=O) groups excluding carboxylic acids is 3. The maximum Gasteiger partial charge on any atom is 0.326 e. The summed E-state index contributed by atoms with van der Waals surface area (Å²) in [5.41, 5.74) is 6.47. The standard InChI is InChI=1S/C23H34N4O7/c1-13(2)10-16(24)20(30)26-18(12-28)21(31)25-17(11-14-5-7-15(29)8-6-14)22(32)27-9-3-4-19(27)23(33)34/h5-8,13,16-19,28-29H,3-4,9-12,24H2,1-2H3,(H,25,31)(H,26,30)(H,33,34). The second-order valence-corrected chi connectivity index (χ2v) is 8.94. The number of nitrogens with two attached hydrogens (primary N) is 1. The molecule has 4 unspecified atom stereocenters. The average molecular weight is 479 g/mol. The zero-order valence-electron chi connectivity index (χ0n) is 19.4. The van der Waals surface area contributed by atoms with Crippen molar-refractivity contribution in [2.75, 3.05) is 13.2 Å². The summed E-state index contributed by atoms with van der Waals surface area (Å²) in [7, 11) is 0. The Morgan fingerprint density at radius 2 is 1.71 bits per heavy atom. The molecule has 1 aliphatic heterocycles. The molecule has 1 aromatic carbocycles. The summed E-state index contributed by atoms with van der Waals surface area (Å²) in [6, 6.07) is 1.68. The van der Waals surface area contributed by atoms with E-state index in [1.807, 2.05) is 13.8 Å². The minimum atomic E-state index is -1.34. The van der Waals surface area contributed by atoms with Crippen molar-refractivity contribution in [2.24, 2.45) is 11.7 Å². The third-order valence-electron chi connectivity index (χ3n) is 5.69. The van der Waals surface area contributed by atoms with Crippen LogP contribution in [0.5, 0.6) is 5.75 Å². The highest BCUT2D eigenvalue weighted by Crippen LogP contribution is 2.20. The summed E-state index contributed by atoms with van der Waals surface area (Å²) in [6.45, 7) is 3.31. The normalized spacial score (nSPS) is 18.3. The van der Waals surface area contributed by atoms with Crippen LogP contribution in [0.2, 0.25) is 0 Å². The molecule has 3 amide bonds. The van der Waals surface area contributed by atoms with Gasteiger partial charge in [-0.1, -0.05) is 26.0 Å². The van der Waals surface area contributed by atoms with E-state index in [1.165, 1.54) is 17.0 Å². The van der Waals surface area contributed by atoms with Crippen molar-refractivity contribution in [3.8, 4) is 5.75 Å². The smallest absolute Gasteiger partial charge is 0.326 e. The number of aliphatic carboxylic acids is 1. The number of benzene rings is 1. The van der Waals surface area contributed by atoms with Gasteiger partial charge in [0.1, 0.15) is 23.9 Å². The Kier molecular flexibility index (Phi) is 9.82. The number of likely N-dealkylation sites (tertiary alicyclic amines) is 1. The molecule has 0 radical (unpaired) electrons. The fourth-order valence-electron chi connectivity index (χ4n) is 3.92. The van der Waals surface area contributed by atoms with E-state index in [0.29, 0.717) is 24.8 Å². The molecule has 34 heavy (non-hydrogen) atoms. The molecule has 11 heteroatoms. The summed E-state index contributed by atoms with van der Waals surface area (Å²) in [6.07, 6.45) is 1.24. The third-order valence-corrected chi connectivity index (χ3v) is 5.69. The lowest BCUT2D eigenvalue weighted by Gasteiger charge is -2.29. The van der Waals surface area contributed by atoms with Crippen molar-refractivity contribution in [1.29, 1.82) is 0 Å². The first kappa shape index (κ1) is 27.1.